The Bertz CT molecular complexity index is 1180. The van der Waals surface area contributed by atoms with E-state index >= 15 is 0 Å². The highest BCUT2D eigenvalue weighted by Gasteiger charge is 2.20. The average Bonchev–Trinajstić information content (AvgIpc) is 3.18. The van der Waals surface area contributed by atoms with Crippen LogP contribution in [0.4, 0.5) is 0 Å². The number of para-hydroxylation sites is 1. The first-order chi connectivity index (χ1) is 13.1. The number of benzene rings is 2. The van der Waals surface area contributed by atoms with E-state index in [0.717, 1.165) is 5.56 Å². The Kier molecular flexibility index (Phi) is 4.19. The summed E-state index contributed by atoms with van der Waals surface area (Å²) in [5.74, 6) is 1.30. The molecule has 136 valence electrons. The van der Waals surface area contributed by atoms with Gasteiger partial charge in [0.05, 0.1) is 24.1 Å². The molecule has 0 bridgehead atoms. The molecule has 0 amide bonds. The third-order valence-corrected chi connectivity index (χ3v) is 4.29. The van der Waals surface area contributed by atoms with Crippen molar-refractivity contribution in [2.45, 2.75) is 19.9 Å². The van der Waals surface area contributed by atoms with Crippen LogP contribution in [0.2, 0.25) is 0 Å². The van der Waals surface area contributed by atoms with Gasteiger partial charge in [0.2, 0.25) is 5.82 Å². The van der Waals surface area contributed by atoms with Gasteiger partial charge in [0.15, 0.2) is 5.69 Å². The van der Waals surface area contributed by atoms with Crippen molar-refractivity contribution < 1.29 is 9.26 Å². The first-order valence-electron chi connectivity index (χ1n) is 8.59. The minimum absolute atomic E-state index is 0.0996. The molecule has 4 aromatic rings. The molecule has 0 fully saturated rings. The standard InChI is InChI=1S/C20H18N4O3/c1-12(2)24-20(25)14-9-5-4-8-13(14)17(22-24)19-21-18(23-27-19)15-10-6-7-11-16(15)26-3/h4-12H,1-3H3. The van der Waals surface area contributed by atoms with Gasteiger partial charge in [0, 0.05) is 5.39 Å². The van der Waals surface area contributed by atoms with Crippen LogP contribution in [0.1, 0.15) is 19.9 Å². The van der Waals surface area contributed by atoms with E-state index in [1.807, 2.05) is 56.3 Å². The summed E-state index contributed by atoms with van der Waals surface area (Å²) in [7, 11) is 1.59. The van der Waals surface area contributed by atoms with Crippen molar-refractivity contribution in [3.8, 4) is 28.7 Å². The molecule has 2 aromatic carbocycles. The lowest BCUT2D eigenvalue weighted by molar-refractivity contribution is 0.413. The van der Waals surface area contributed by atoms with Crippen LogP contribution >= 0.6 is 0 Å². The van der Waals surface area contributed by atoms with Crippen molar-refractivity contribution in [1.82, 2.24) is 19.9 Å². The molecule has 0 radical (unpaired) electrons. The fraction of sp³-hybridized carbons (Fsp3) is 0.200. The summed E-state index contributed by atoms with van der Waals surface area (Å²) >= 11 is 0. The highest BCUT2D eigenvalue weighted by atomic mass is 16.5. The van der Waals surface area contributed by atoms with Crippen molar-refractivity contribution in [3.05, 3.63) is 58.9 Å². The number of nitrogens with zero attached hydrogens (tertiary/aromatic N) is 4. The van der Waals surface area contributed by atoms with Crippen LogP contribution in [0, 0.1) is 0 Å². The second-order valence-corrected chi connectivity index (χ2v) is 6.36. The third-order valence-electron chi connectivity index (χ3n) is 4.29. The molecule has 0 saturated carbocycles. The number of hydrogen-bond donors (Lipinski definition) is 0. The average molecular weight is 362 g/mol. The molecule has 0 spiro atoms. The van der Waals surface area contributed by atoms with Gasteiger partial charge in [-0.05, 0) is 32.0 Å². The highest BCUT2D eigenvalue weighted by Crippen LogP contribution is 2.30. The molecule has 0 unspecified atom stereocenters. The first-order valence-corrected chi connectivity index (χ1v) is 8.59. The molecule has 7 nitrogen and oxygen atoms in total. The van der Waals surface area contributed by atoms with Gasteiger partial charge in [-0.2, -0.15) is 10.1 Å². The van der Waals surface area contributed by atoms with Gasteiger partial charge in [0.1, 0.15) is 5.75 Å². The monoisotopic (exact) mass is 362 g/mol. The van der Waals surface area contributed by atoms with Crippen LogP contribution in [-0.4, -0.2) is 27.0 Å². The summed E-state index contributed by atoms with van der Waals surface area (Å²) < 4.78 is 12.3. The largest absolute Gasteiger partial charge is 0.496 e. The molecule has 0 aliphatic carbocycles. The minimum atomic E-state index is -0.145. The van der Waals surface area contributed by atoms with Gasteiger partial charge in [0.25, 0.3) is 11.4 Å². The number of fused-ring (bicyclic) bond motifs is 1. The lowest BCUT2D eigenvalue weighted by Gasteiger charge is -2.11. The number of ether oxygens (including phenoxy) is 1. The number of rotatable bonds is 4. The van der Waals surface area contributed by atoms with Gasteiger partial charge in [-0.3, -0.25) is 4.79 Å². The zero-order chi connectivity index (χ0) is 19.0. The molecular formula is C20H18N4O3. The van der Waals surface area contributed by atoms with E-state index in [-0.39, 0.29) is 17.5 Å². The Labute approximate surface area is 155 Å². The normalized spacial score (nSPS) is 11.3. The molecule has 2 aromatic heterocycles. The van der Waals surface area contributed by atoms with Gasteiger partial charge in [-0.25, -0.2) is 4.68 Å². The number of methoxy groups -OCH3 is 1. The fourth-order valence-corrected chi connectivity index (χ4v) is 2.97. The molecule has 2 heterocycles. The molecule has 7 heteroatoms. The molecule has 0 N–H and O–H groups in total. The Morgan fingerprint density at radius 2 is 1.74 bits per heavy atom. The zero-order valence-corrected chi connectivity index (χ0v) is 15.2. The van der Waals surface area contributed by atoms with Crippen molar-refractivity contribution >= 4 is 10.8 Å². The Morgan fingerprint density at radius 1 is 1.04 bits per heavy atom. The van der Waals surface area contributed by atoms with Gasteiger partial charge < -0.3 is 9.26 Å². The molecule has 27 heavy (non-hydrogen) atoms. The highest BCUT2D eigenvalue weighted by molar-refractivity contribution is 5.92. The van der Waals surface area contributed by atoms with E-state index in [1.54, 1.807) is 13.2 Å². The smallest absolute Gasteiger partial charge is 0.279 e. The summed E-state index contributed by atoms with van der Waals surface area (Å²) in [6, 6.07) is 14.6. The molecule has 0 atom stereocenters. The minimum Gasteiger partial charge on any atom is -0.496 e. The predicted molar refractivity (Wildman–Crippen MR) is 102 cm³/mol. The van der Waals surface area contributed by atoms with Crippen molar-refractivity contribution in [1.29, 1.82) is 0 Å². The summed E-state index contributed by atoms with van der Waals surface area (Å²) in [6.07, 6.45) is 0. The van der Waals surface area contributed by atoms with E-state index in [9.17, 15) is 4.79 Å². The van der Waals surface area contributed by atoms with E-state index in [1.165, 1.54) is 4.68 Å². The fourth-order valence-electron chi connectivity index (χ4n) is 2.97. The Morgan fingerprint density at radius 3 is 2.48 bits per heavy atom. The second kappa shape index (κ2) is 6.68. The van der Waals surface area contributed by atoms with E-state index in [2.05, 4.69) is 15.2 Å². The topological polar surface area (TPSA) is 83.0 Å². The van der Waals surface area contributed by atoms with E-state index in [4.69, 9.17) is 9.26 Å². The molecule has 4 rings (SSSR count). The van der Waals surface area contributed by atoms with Crippen molar-refractivity contribution in [2.75, 3.05) is 7.11 Å². The Balaban J connectivity index is 1.93. The maximum Gasteiger partial charge on any atom is 0.279 e. The van der Waals surface area contributed by atoms with E-state index < -0.39 is 0 Å². The Hall–Kier alpha value is -3.48. The first kappa shape index (κ1) is 17.0. The number of aromatic nitrogens is 4. The summed E-state index contributed by atoms with van der Waals surface area (Å²) in [5.41, 5.74) is 1.05. The van der Waals surface area contributed by atoms with Crippen LogP contribution in [0.3, 0.4) is 0 Å². The van der Waals surface area contributed by atoms with Gasteiger partial charge in [-0.15, -0.1) is 0 Å². The second-order valence-electron chi connectivity index (χ2n) is 6.36. The third kappa shape index (κ3) is 2.87. The quantitative estimate of drug-likeness (QED) is 0.550. The molecule has 0 aliphatic rings. The van der Waals surface area contributed by atoms with Gasteiger partial charge >= 0.3 is 0 Å². The number of hydrogen-bond acceptors (Lipinski definition) is 6. The summed E-state index contributed by atoms with van der Waals surface area (Å²) in [4.78, 5) is 17.2. The van der Waals surface area contributed by atoms with Crippen molar-refractivity contribution in [3.63, 3.8) is 0 Å². The maximum atomic E-state index is 12.7. The SMILES string of the molecule is COc1ccccc1-c1noc(-c2nn(C(C)C)c(=O)c3ccccc23)n1. The van der Waals surface area contributed by atoms with Crippen LogP contribution in [0.5, 0.6) is 5.75 Å². The van der Waals surface area contributed by atoms with Crippen LogP contribution in [0.25, 0.3) is 33.7 Å². The zero-order valence-electron chi connectivity index (χ0n) is 15.2. The van der Waals surface area contributed by atoms with Crippen LogP contribution < -0.4 is 10.3 Å². The van der Waals surface area contributed by atoms with Gasteiger partial charge in [-0.1, -0.05) is 35.5 Å². The summed E-state index contributed by atoms with van der Waals surface area (Å²) in [5, 5.41) is 9.82. The molecular weight excluding hydrogens is 344 g/mol. The summed E-state index contributed by atoms with van der Waals surface area (Å²) in [6.45, 7) is 3.81. The molecule has 0 aliphatic heterocycles. The van der Waals surface area contributed by atoms with Crippen molar-refractivity contribution in [2.24, 2.45) is 0 Å². The van der Waals surface area contributed by atoms with Crippen LogP contribution in [0.15, 0.2) is 57.8 Å². The predicted octanol–water partition coefficient (Wildman–Crippen LogP) is 3.70. The lowest BCUT2D eigenvalue weighted by atomic mass is 10.1. The molecule has 0 saturated heterocycles. The lowest BCUT2D eigenvalue weighted by Crippen LogP contribution is -2.25. The van der Waals surface area contributed by atoms with E-state index in [0.29, 0.717) is 28.0 Å². The van der Waals surface area contributed by atoms with Crippen LogP contribution in [-0.2, 0) is 0 Å². The maximum absolute atomic E-state index is 12.7.